The lowest BCUT2D eigenvalue weighted by atomic mass is 9.92. The first-order chi connectivity index (χ1) is 14.9. The van der Waals surface area contributed by atoms with Crippen molar-refractivity contribution in [2.75, 3.05) is 32.5 Å². The van der Waals surface area contributed by atoms with Crippen LogP contribution in [-0.2, 0) is 12.1 Å². The zero-order valence-corrected chi connectivity index (χ0v) is 17.4. The zero-order valence-electron chi connectivity index (χ0n) is 17.4. The smallest absolute Gasteiger partial charge is 0.137 e. The maximum absolute atomic E-state index is 14.5. The van der Waals surface area contributed by atoms with Crippen LogP contribution < -0.4 is 10.5 Å². The maximum atomic E-state index is 14.5. The molecule has 0 radical (unpaired) electrons. The molecule has 1 aromatic heterocycles. The minimum atomic E-state index is -1.61. The van der Waals surface area contributed by atoms with Gasteiger partial charge in [0.2, 0.25) is 0 Å². The lowest BCUT2D eigenvalue weighted by Crippen LogP contribution is -2.43. The summed E-state index contributed by atoms with van der Waals surface area (Å²) in [7, 11) is 1.84. The quantitative estimate of drug-likeness (QED) is 0.359. The van der Waals surface area contributed by atoms with Crippen molar-refractivity contribution in [1.82, 2.24) is 19.7 Å². The monoisotopic (exact) mass is 431 g/mol. The predicted molar refractivity (Wildman–Crippen MR) is 113 cm³/mol. The van der Waals surface area contributed by atoms with Crippen LogP contribution in [0.2, 0.25) is 0 Å². The van der Waals surface area contributed by atoms with Crippen molar-refractivity contribution in [3.8, 4) is 5.75 Å². The third kappa shape index (κ3) is 6.47. The van der Waals surface area contributed by atoms with Crippen molar-refractivity contribution in [2.45, 2.75) is 25.0 Å². The number of rotatable bonds is 11. The van der Waals surface area contributed by atoms with Crippen molar-refractivity contribution >= 4 is 5.69 Å². The molecule has 0 aliphatic rings. The molecule has 166 valence electrons. The standard InChI is InChI=1S/C22H27F2N5O2/c1-28(9-2-3-10-31-19-6-4-5-18(25)12-19)13-22(30,14-29-16-26-15-27-29)20-8-7-17(23)11-21(20)24/h4-8,11-12,15-16,30H,2-3,9-10,13-14,25H2,1H3. The number of likely N-dealkylation sites (N-methyl/N-ethyl adjacent to an activating group) is 1. The van der Waals surface area contributed by atoms with Crippen molar-refractivity contribution in [2.24, 2.45) is 0 Å². The fourth-order valence-electron chi connectivity index (χ4n) is 3.47. The number of benzene rings is 2. The number of nitrogens with two attached hydrogens (primary N) is 1. The molecule has 1 heterocycles. The molecule has 1 unspecified atom stereocenters. The molecule has 3 N–H and O–H groups in total. The van der Waals surface area contributed by atoms with Gasteiger partial charge in [-0.1, -0.05) is 12.1 Å². The number of halogens is 2. The largest absolute Gasteiger partial charge is 0.494 e. The molecule has 0 spiro atoms. The fraction of sp³-hybridized carbons (Fsp3) is 0.364. The highest BCUT2D eigenvalue weighted by Crippen LogP contribution is 2.27. The Morgan fingerprint density at radius 1 is 1.19 bits per heavy atom. The number of hydrogen-bond donors (Lipinski definition) is 2. The van der Waals surface area contributed by atoms with Gasteiger partial charge in [-0.2, -0.15) is 5.10 Å². The number of aliphatic hydroxyl groups is 1. The highest BCUT2D eigenvalue weighted by Gasteiger charge is 2.34. The van der Waals surface area contributed by atoms with Gasteiger partial charge >= 0.3 is 0 Å². The van der Waals surface area contributed by atoms with E-state index in [1.165, 1.54) is 23.4 Å². The zero-order chi connectivity index (χ0) is 22.3. The summed E-state index contributed by atoms with van der Waals surface area (Å²) < 4.78 is 35.0. The van der Waals surface area contributed by atoms with Crippen LogP contribution in [0.3, 0.4) is 0 Å². The summed E-state index contributed by atoms with van der Waals surface area (Å²) in [4.78, 5) is 5.77. The van der Waals surface area contributed by atoms with E-state index < -0.39 is 17.2 Å². The Balaban J connectivity index is 1.57. The summed E-state index contributed by atoms with van der Waals surface area (Å²) in [6.45, 7) is 1.31. The summed E-state index contributed by atoms with van der Waals surface area (Å²) in [5.41, 5.74) is 4.79. The van der Waals surface area contributed by atoms with Gasteiger partial charge in [-0.15, -0.1) is 0 Å². The normalized spacial score (nSPS) is 13.3. The lowest BCUT2D eigenvalue weighted by molar-refractivity contribution is -0.0161. The van der Waals surface area contributed by atoms with Gasteiger partial charge < -0.3 is 20.5 Å². The average Bonchev–Trinajstić information content (AvgIpc) is 3.20. The molecule has 1 atom stereocenters. The van der Waals surface area contributed by atoms with Gasteiger partial charge in [-0.3, -0.25) is 0 Å². The molecule has 9 heteroatoms. The summed E-state index contributed by atoms with van der Waals surface area (Å²) in [6.07, 6.45) is 4.39. The molecular formula is C22H27F2N5O2. The van der Waals surface area contributed by atoms with E-state index in [4.69, 9.17) is 10.5 Å². The van der Waals surface area contributed by atoms with E-state index in [1.54, 1.807) is 12.1 Å². The predicted octanol–water partition coefficient (Wildman–Crippen LogP) is 2.82. The van der Waals surface area contributed by atoms with Crippen LogP contribution in [0.4, 0.5) is 14.5 Å². The van der Waals surface area contributed by atoms with Gasteiger partial charge in [0.1, 0.15) is 35.6 Å². The Bertz CT molecular complexity index is 970. The van der Waals surface area contributed by atoms with Gasteiger partial charge in [0.15, 0.2) is 0 Å². The molecular weight excluding hydrogens is 404 g/mol. The van der Waals surface area contributed by atoms with E-state index in [-0.39, 0.29) is 18.7 Å². The highest BCUT2D eigenvalue weighted by atomic mass is 19.1. The molecule has 3 aromatic rings. The molecule has 7 nitrogen and oxygen atoms in total. The number of unbranched alkanes of at least 4 members (excludes halogenated alkanes) is 1. The van der Waals surface area contributed by atoms with Gasteiger partial charge in [0.05, 0.1) is 13.2 Å². The summed E-state index contributed by atoms with van der Waals surface area (Å²) in [5, 5.41) is 15.4. The highest BCUT2D eigenvalue weighted by molar-refractivity contribution is 5.43. The number of nitrogens with zero attached hydrogens (tertiary/aromatic N) is 4. The second-order valence-electron chi connectivity index (χ2n) is 7.61. The number of nitrogen functional groups attached to an aromatic ring is 1. The van der Waals surface area contributed by atoms with E-state index in [0.717, 1.165) is 30.7 Å². The van der Waals surface area contributed by atoms with Crippen molar-refractivity contribution in [3.05, 3.63) is 72.3 Å². The van der Waals surface area contributed by atoms with E-state index in [2.05, 4.69) is 10.1 Å². The van der Waals surface area contributed by atoms with Crippen LogP contribution >= 0.6 is 0 Å². The summed E-state index contributed by atoms with van der Waals surface area (Å²) >= 11 is 0. The van der Waals surface area contributed by atoms with Crippen molar-refractivity contribution in [3.63, 3.8) is 0 Å². The lowest BCUT2D eigenvalue weighted by Gasteiger charge is -2.33. The van der Waals surface area contributed by atoms with E-state index in [9.17, 15) is 13.9 Å². The summed E-state index contributed by atoms with van der Waals surface area (Å²) in [5.74, 6) is -0.772. The first-order valence-corrected chi connectivity index (χ1v) is 10.0. The molecule has 0 fully saturated rings. The minimum absolute atomic E-state index is 0.0150. The van der Waals surface area contributed by atoms with Crippen LogP contribution in [0.15, 0.2) is 55.1 Å². The Morgan fingerprint density at radius 3 is 2.74 bits per heavy atom. The van der Waals surface area contributed by atoms with E-state index in [1.807, 2.05) is 24.1 Å². The Kier molecular flexibility index (Phi) is 7.54. The van der Waals surface area contributed by atoms with Gasteiger partial charge in [0, 0.05) is 29.9 Å². The van der Waals surface area contributed by atoms with Crippen molar-refractivity contribution < 1.29 is 18.6 Å². The van der Waals surface area contributed by atoms with Crippen LogP contribution in [-0.4, -0.2) is 51.5 Å². The topological polar surface area (TPSA) is 89.4 Å². The van der Waals surface area contributed by atoms with E-state index >= 15 is 0 Å². The average molecular weight is 431 g/mol. The molecule has 2 aromatic carbocycles. The number of ether oxygens (including phenoxy) is 1. The minimum Gasteiger partial charge on any atom is -0.494 e. The van der Waals surface area contributed by atoms with Gasteiger partial charge in [-0.05, 0) is 44.6 Å². The molecule has 0 saturated carbocycles. The second kappa shape index (κ2) is 10.3. The molecule has 0 aliphatic heterocycles. The van der Waals surface area contributed by atoms with Crippen LogP contribution in [0.25, 0.3) is 0 Å². The Hall–Kier alpha value is -3.04. The van der Waals surface area contributed by atoms with E-state index in [0.29, 0.717) is 18.8 Å². The molecule has 31 heavy (non-hydrogen) atoms. The molecule has 0 amide bonds. The molecule has 0 aliphatic carbocycles. The number of hydrogen-bond acceptors (Lipinski definition) is 6. The maximum Gasteiger partial charge on any atom is 0.137 e. The third-order valence-corrected chi connectivity index (χ3v) is 4.92. The first kappa shape index (κ1) is 22.6. The first-order valence-electron chi connectivity index (χ1n) is 10.0. The van der Waals surface area contributed by atoms with Gasteiger partial charge in [-0.25, -0.2) is 18.4 Å². The SMILES string of the molecule is CN(CCCCOc1cccc(N)c1)CC(O)(Cn1cncn1)c1ccc(F)cc1F. The molecule has 0 bridgehead atoms. The van der Waals surface area contributed by atoms with Crippen LogP contribution in [0, 0.1) is 11.6 Å². The number of anilines is 1. The van der Waals surface area contributed by atoms with Crippen molar-refractivity contribution in [1.29, 1.82) is 0 Å². The second-order valence-corrected chi connectivity index (χ2v) is 7.61. The van der Waals surface area contributed by atoms with Crippen LogP contribution in [0.1, 0.15) is 18.4 Å². The molecule has 3 rings (SSSR count). The number of aromatic nitrogens is 3. The third-order valence-electron chi connectivity index (χ3n) is 4.92. The van der Waals surface area contributed by atoms with Crippen LogP contribution in [0.5, 0.6) is 5.75 Å². The molecule has 0 saturated heterocycles. The fourth-order valence-corrected chi connectivity index (χ4v) is 3.47. The van der Waals surface area contributed by atoms with Gasteiger partial charge in [0.25, 0.3) is 0 Å². The Morgan fingerprint density at radius 2 is 2.03 bits per heavy atom. The Labute approximate surface area is 180 Å². The summed E-state index contributed by atoms with van der Waals surface area (Å²) in [6, 6.07) is 10.4.